The number of aryl methyl sites for hydroxylation is 1. The normalized spacial score (nSPS) is 10.3. The van der Waals surface area contributed by atoms with E-state index in [0.717, 1.165) is 10.4 Å². The molecular weight excluding hydrogens is 280 g/mol. The fourth-order valence-corrected chi connectivity index (χ4v) is 2.54. The van der Waals surface area contributed by atoms with Gasteiger partial charge in [-0.05, 0) is 26.0 Å². The minimum absolute atomic E-state index is 0.0210. The van der Waals surface area contributed by atoms with Gasteiger partial charge in [0.25, 0.3) is 5.69 Å². The van der Waals surface area contributed by atoms with E-state index < -0.39 is 10.9 Å². The molecule has 0 unspecified atom stereocenters. The van der Waals surface area contributed by atoms with Crippen LogP contribution in [0.15, 0.2) is 24.3 Å². The van der Waals surface area contributed by atoms with Gasteiger partial charge in [-0.1, -0.05) is 0 Å². The molecule has 0 radical (unpaired) electrons. The Morgan fingerprint density at radius 1 is 1.40 bits per heavy atom. The molecule has 0 N–H and O–H groups in total. The molecule has 0 bridgehead atoms. The Hall–Kier alpha value is -2.28. The second-order valence-electron chi connectivity index (χ2n) is 3.95. The third-order valence-electron chi connectivity index (χ3n) is 2.59. The molecule has 0 aliphatic rings. The van der Waals surface area contributed by atoms with E-state index in [1.54, 1.807) is 26.0 Å². The smallest absolute Gasteiger partial charge is 0.358 e. The second kappa shape index (κ2) is 5.79. The van der Waals surface area contributed by atoms with Crippen LogP contribution in [0.1, 0.15) is 22.3 Å². The van der Waals surface area contributed by atoms with Gasteiger partial charge in [-0.25, -0.2) is 9.78 Å². The van der Waals surface area contributed by atoms with Crippen LogP contribution in [0, 0.1) is 17.0 Å². The molecule has 0 aliphatic heterocycles. The van der Waals surface area contributed by atoms with E-state index in [1.807, 2.05) is 0 Å². The molecule has 0 atom stereocenters. The number of carbonyl (C=O) groups is 1. The molecule has 0 fully saturated rings. The van der Waals surface area contributed by atoms with Crippen molar-refractivity contribution in [1.29, 1.82) is 0 Å². The number of rotatable bonds is 4. The highest BCUT2D eigenvalue weighted by Gasteiger charge is 2.17. The van der Waals surface area contributed by atoms with Crippen molar-refractivity contribution in [3.05, 3.63) is 45.0 Å². The van der Waals surface area contributed by atoms with Gasteiger partial charge in [0.15, 0.2) is 5.69 Å². The zero-order valence-corrected chi connectivity index (χ0v) is 11.8. The monoisotopic (exact) mass is 292 g/mol. The summed E-state index contributed by atoms with van der Waals surface area (Å²) < 4.78 is 4.92. The Labute approximate surface area is 119 Å². The van der Waals surface area contributed by atoms with Crippen LogP contribution in [-0.4, -0.2) is 22.5 Å². The molecule has 1 aromatic heterocycles. The first-order valence-electron chi connectivity index (χ1n) is 5.92. The lowest BCUT2D eigenvalue weighted by Crippen LogP contribution is -2.06. The molecule has 0 spiro atoms. The number of non-ortho nitro benzene ring substituents is 1. The van der Waals surface area contributed by atoms with Gasteiger partial charge >= 0.3 is 5.97 Å². The molecule has 2 aromatic rings. The molecule has 104 valence electrons. The first-order chi connectivity index (χ1) is 9.52. The van der Waals surface area contributed by atoms with Crippen molar-refractivity contribution in [3.8, 4) is 10.6 Å². The van der Waals surface area contributed by atoms with Crippen LogP contribution in [0.4, 0.5) is 5.69 Å². The Morgan fingerprint density at radius 2 is 2.05 bits per heavy atom. The molecule has 0 amide bonds. The third-order valence-corrected chi connectivity index (χ3v) is 3.61. The highest BCUT2D eigenvalue weighted by molar-refractivity contribution is 7.15. The van der Waals surface area contributed by atoms with Crippen molar-refractivity contribution < 1.29 is 14.5 Å². The van der Waals surface area contributed by atoms with Crippen LogP contribution >= 0.6 is 11.3 Å². The summed E-state index contributed by atoms with van der Waals surface area (Å²) in [6.07, 6.45) is 0. The Morgan fingerprint density at radius 3 is 2.60 bits per heavy atom. The van der Waals surface area contributed by atoms with E-state index in [0.29, 0.717) is 17.3 Å². The lowest BCUT2D eigenvalue weighted by molar-refractivity contribution is -0.384. The topological polar surface area (TPSA) is 82.3 Å². The third kappa shape index (κ3) is 2.83. The van der Waals surface area contributed by atoms with Gasteiger partial charge in [-0.3, -0.25) is 10.1 Å². The van der Waals surface area contributed by atoms with E-state index in [-0.39, 0.29) is 5.69 Å². The molecule has 1 aromatic carbocycles. The van der Waals surface area contributed by atoms with Crippen molar-refractivity contribution in [2.45, 2.75) is 13.8 Å². The predicted octanol–water partition coefficient (Wildman–Crippen LogP) is 3.20. The molecule has 6 nitrogen and oxygen atoms in total. The van der Waals surface area contributed by atoms with E-state index in [2.05, 4.69) is 4.98 Å². The standard InChI is InChI=1S/C13H12N2O4S/c1-3-19-13(16)11-8(2)20-12(14-11)9-4-6-10(7-5-9)15(17)18/h4-7H,3H2,1-2H3. The number of aromatic nitrogens is 1. The van der Waals surface area contributed by atoms with Crippen LogP contribution in [-0.2, 0) is 4.74 Å². The first-order valence-corrected chi connectivity index (χ1v) is 6.74. The quantitative estimate of drug-likeness (QED) is 0.491. The van der Waals surface area contributed by atoms with Crippen LogP contribution in [0.3, 0.4) is 0 Å². The Balaban J connectivity index is 2.32. The highest BCUT2D eigenvalue weighted by atomic mass is 32.1. The average molecular weight is 292 g/mol. The number of benzene rings is 1. The molecular formula is C13H12N2O4S. The van der Waals surface area contributed by atoms with Crippen LogP contribution in [0.5, 0.6) is 0 Å². The molecule has 0 saturated carbocycles. The zero-order chi connectivity index (χ0) is 14.7. The van der Waals surface area contributed by atoms with Gasteiger partial charge in [-0.15, -0.1) is 11.3 Å². The second-order valence-corrected chi connectivity index (χ2v) is 5.15. The van der Waals surface area contributed by atoms with Crippen molar-refractivity contribution in [2.75, 3.05) is 6.61 Å². The Bertz CT molecular complexity index is 649. The number of ether oxygens (including phenoxy) is 1. The molecule has 2 rings (SSSR count). The summed E-state index contributed by atoms with van der Waals surface area (Å²) in [5.74, 6) is -0.450. The molecule has 7 heteroatoms. The number of esters is 1. The fourth-order valence-electron chi connectivity index (χ4n) is 1.63. The number of hydrogen-bond donors (Lipinski definition) is 0. The number of hydrogen-bond acceptors (Lipinski definition) is 6. The van der Waals surface area contributed by atoms with E-state index in [9.17, 15) is 14.9 Å². The lowest BCUT2D eigenvalue weighted by Gasteiger charge is -1.98. The van der Waals surface area contributed by atoms with Gasteiger partial charge in [0, 0.05) is 22.6 Å². The summed E-state index contributed by atoms with van der Waals surface area (Å²) in [5, 5.41) is 11.2. The number of thiazole rings is 1. The number of nitrogens with zero attached hydrogens (tertiary/aromatic N) is 2. The number of carbonyl (C=O) groups excluding carboxylic acids is 1. The van der Waals surface area contributed by atoms with E-state index in [4.69, 9.17) is 4.74 Å². The maximum atomic E-state index is 11.7. The summed E-state index contributed by atoms with van der Waals surface area (Å²) in [4.78, 5) is 26.8. The largest absolute Gasteiger partial charge is 0.461 e. The van der Waals surface area contributed by atoms with Crippen molar-refractivity contribution in [1.82, 2.24) is 4.98 Å². The number of nitro groups is 1. The van der Waals surface area contributed by atoms with Gasteiger partial charge in [-0.2, -0.15) is 0 Å². The summed E-state index contributed by atoms with van der Waals surface area (Å²) in [6.45, 7) is 3.82. The Kier molecular flexibility index (Phi) is 4.09. The van der Waals surface area contributed by atoms with E-state index in [1.165, 1.54) is 23.5 Å². The van der Waals surface area contributed by atoms with Gasteiger partial charge < -0.3 is 4.74 Å². The summed E-state index contributed by atoms with van der Waals surface area (Å²) in [5.41, 5.74) is 1.05. The van der Waals surface area contributed by atoms with Gasteiger partial charge in [0.2, 0.25) is 0 Å². The average Bonchev–Trinajstić information content (AvgIpc) is 2.81. The zero-order valence-electron chi connectivity index (χ0n) is 11.0. The fraction of sp³-hybridized carbons (Fsp3) is 0.231. The maximum Gasteiger partial charge on any atom is 0.358 e. The van der Waals surface area contributed by atoms with Crippen LogP contribution < -0.4 is 0 Å². The minimum Gasteiger partial charge on any atom is -0.461 e. The molecule has 0 aliphatic carbocycles. The minimum atomic E-state index is -0.457. The van der Waals surface area contributed by atoms with Gasteiger partial charge in [0.05, 0.1) is 11.5 Å². The van der Waals surface area contributed by atoms with Crippen molar-refractivity contribution >= 4 is 23.0 Å². The summed E-state index contributed by atoms with van der Waals surface area (Å²) in [7, 11) is 0. The predicted molar refractivity (Wildman–Crippen MR) is 74.9 cm³/mol. The van der Waals surface area contributed by atoms with Crippen molar-refractivity contribution in [2.24, 2.45) is 0 Å². The van der Waals surface area contributed by atoms with E-state index >= 15 is 0 Å². The first kappa shape index (κ1) is 14.1. The summed E-state index contributed by atoms with van der Waals surface area (Å²) >= 11 is 1.35. The lowest BCUT2D eigenvalue weighted by atomic mass is 10.2. The maximum absolute atomic E-state index is 11.7. The van der Waals surface area contributed by atoms with Crippen LogP contribution in [0.2, 0.25) is 0 Å². The summed E-state index contributed by atoms with van der Waals surface area (Å²) in [6, 6.07) is 6.06. The SMILES string of the molecule is CCOC(=O)c1nc(-c2ccc([N+](=O)[O-])cc2)sc1C. The van der Waals surface area contributed by atoms with Gasteiger partial charge in [0.1, 0.15) is 5.01 Å². The number of nitro benzene ring substituents is 1. The van der Waals surface area contributed by atoms with Crippen molar-refractivity contribution in [3.63, 3.8) is 0 Å². The highest BCUT2D eigenvalue weighted by Crippen LogP contribution is 2.29. The molecule has 0 saturated heterocycles. The molecule has 20 heavy (non-hydrogen) atoms. The molecule has 1 heterocycles. The van der Waals surface area contributed by atoms with Crippen LogP contribution in [0.25, 0.3) is 10.6 Å².